The topological polar surface area (TPSA) is 32.5 Å². The van der Waals surface area contributed by atoms with E-state index < -0.39 is 0 Å². The maximum atomic E-state index is 6.23. The molecule has 0 aliphatic carbocycles. The van der Waals surface area contributed by atoms with E-state index in [-0.39, 0.29) is 5.54 Å². The first-order chi connectivity index (χ1) is 9.09. The standard InChI is InChI=1S/C15H31N3S/c1-13(2)18-8-4-6-15(12-16,7-9-18)17(3)14-5-10-19-11-14/h13-14H,4-12,16H2,1-3H3. The Bertz CT molecular complexity index is 279. The lowest BCUT2D eigenvalue weighted by atomic mass is 9.87. The molecule has 0 aromatic rings. The summed E-state index contributed by atoms with van der Waals surface area (Å²) < 4.78 is 0. The molecule has 0 amide bonds. The predicted octanol–water partition coefficient (Wildman–Crippen LogP) is 2.02. The summed E-state index contributed by atoms with van der Waals surface area (Å²) in [4.78, 5) is 5.27. The molecule has 0 radical (unpaired) electrons. The van der Waals surface area contributed by atoms with E-state index >= 15 is 0 Å². The van der Waals surface area contributed by atoms with Crippen molar-refractivity contribution in [2.24, 2.45) is 5.73 Å². The van der Waals surface area contributed by atoms with E-state index in [1.54, 1.807) is 0 Å². The van der Waals surface area contributed by atoms with Crippen LogP contribution in [0.5, 0.6) is 0 Å². The average Bonchev–Trinajstić information content (AvgIpc) is 2.83. The van der Waals surface area contributed by atoms with E-state index in [2.05, 4.69) is 42.5 Å². The van der Waals surface area contributed by atoms with Gasteiger partial charge in [0.05, 0.1) is 0 Å². The molecule has 2 N–H and O–H groups in total. The fraction of sp³-hybridized carbons (Fsp3) is 1.00. The van der Waals surface area contributed by atoms with Gasteiger partial charge in [0.1, 0.15) is 0 Å². The van der Waals surface area contributed by atoms with Gasteiger partial charge < -0.3 is 10.6 Å². The Kier molecular flexibility index (Phi) is 5.58. The number of likely N-dealkylation sites (N-methyl/N-ethyl adjacent to an activating group) is 1. The van der Waals surface area contributed by atoms with Crippen molar-refractivity contribution in [3.63, 3.8) is 0 Å². The van der Waals surface area contributed by atoms with E-state index in [4.69, 9.17) is 5.73 Å². The molecule has 19 heavy (non-hydrogen) atoms. The zero-order valence-corrected chi connectivity index (χ0v) is 13.7. The van der Waals surface area contributed by atoms with Crippen LogP contribution in [-0.2, 0) is 0 Å². The molecule has 2 saturated heterocycles. The Morgan fingerprint density at radius 1 is 1.37 bits per heavy atom. The van der Waals surface area contributed by atoms with Crippen LogP contribution in [0.4, 0.5) is 0 Å². The summed E-state index contributed by atoms with van der Waals surface area (Å²) in [6.45, 7) is 7.89. The number of thioether (sulfide) groups is 1. The number of hydrogen-bond donors (Lipinski definition) is 1. The molecule has 2 aliphatic heterocycles. The van der Waals surface area contributed by atoms with Crippen molar-refractivity contribution in [2.75, 3.05) is 38.2 Å². The second-order valence-electron chi connectivity index (χ2n) is 6.54. The maximum absolute atomic E-state index is 6.23. The van der Waals surface area contributed by atoms with Crippen molar-refractivity contribution < 1.29 is 0 Å². The number of rotatable bonds is 4. The summed E-state index contributed by atoms with van der Waals surface area (Å²) in [5.41, 5.74) is 6.48. The second kappa shape index (κ2) is 6.79. The SMILES string of the molecule is CC(C)N1CCCC(CN)(N(C)C2CCSC2)CC1. The van der Waals surface area contributed by atoms with Crippen LogP contribution in [0, 0.1) is 0 Å². The van der Waals surface area contributed by atoms with Crippen LogP contribution < -0.4 is 5.73 Å². The zero-order valence-electron chi connectivity index (χ0n) is 12.9. The van der Waals surface area contributed by atoms with E-state index in [9.17, 15) is 0 Å². The third kappa shape index (κ3) is 3.46. The lowest BCUT2D eigenvalue weighted by Crippen LogP contribution is -2.56. The smallest absolute Gasteiger partial charge is 0.0344 e. The molecule has 2 heterocycles. The number of likely N-dealkylation sites (tertiary alicyclic amines) is 1. The molecule has 0 saturated carbocycles. The van der Waals surface area contributed by atoms with Gasteiger partial charge in [0.2, 0.25) is 0 Å². The highest BCUT2D eigenvalue weighted by Crippen LogP contribution is 2.33. The van der Waals surface area contributed by atoms with Gasteiger partial charge in [-0.25, -0.2) is 0 Å². The lowest BCUT2D eigenvalue weighted by Gasteiger charge is -2.44. The van der Waals surface area contributed by atoms with Gasteiger partial charge in [-0.15, -0.1) is 0 Å². The predicted molar refractivity (Wildman–Crippen MR) is 85.8 cm³/mol. The highest BCUT2D eigenvalue weighted by Gasteiger charge is 2.39. The summed E-state index contributed by atoms with van der Waals surface area (Å²) in [5.74, 6) is 2.62. The second-order valence-corrected chi connectivity index (χ2v) is 7.69. The van der Waals surface area contributed by atoms with Crippen molar-refractivity contribution in [3.05, 3.63) is 0 Å². The molecule has 2 fully saturated rings. The van der Waals surface area contributed by atoms with Gasteiger partial charge in [0.15, 0.2) is 0 Å². The van der Waals surface area contributed by atoms with E-state index in [1.807, 2.05) is 0 Å². The normalized spacial score (nSPS) is 34.1. The molecule has 3 nitrogen and oxygen atoms in total. The van der Waals surface area contributed by atoms with Crippen LogP contribution in [0.2, 0.25) is 0 Å². The average molecular weight is 286 g/mol. The number of nitrogens with two attached hydrogens (primary N) is 1. The van der Waals surface area contributed by atoms with Crippen LogP contribution in [-0.4, -0.2) is 65.6 Å². The quantitative estimate of drug-likeness (QED) is 0.856. The van der Waals surface area contributed by atoms with Crippen molar-refractivity contribution in [1.82, 2.24) is 9.80 Å². The Morgan fingerprint density at radius 2 is 2.16 bits per heavy atom. The van der Waals surface area contributed by atoms with Crippen LogP contribution in [0.3, 0.4) is 0 Å². The molecule has 2 aliphatic rings. The Hall–Kier alpha value is 0.230. The van der Waals surface area contributed by atoms with E-state index in [1.165, 1.54) is 50.3 Å². The van der Waals surface area contributed by atoms with Crippen LogP contribution in [0.1, 0.15) is 39.5 Å². The molecule has 0 spiro atoms. The first-order valence-corrected chi connectivity index (χ1v) is 8.99. The van der Waals surface area contributed by atoms with Gasteiger partial charge in [0.25, 0.3) is 0 Å². The third-order valence-corrected chi connectivity index (χ3v) is 6.41. The third-order valence-electron chi connectivity index (χ3n) is 5.26. The molecule has 2 atom stereocenters. The van der Waals surface area contributed by atoms with E-state index in [0.29, 0.717) is 6.04 Å². The van der Waals surface area contributed by atoms with Crippen molar-refractivity contribution in [1.29, 1.82) is 0 Å². The van der Waals surface area contributed by atoms with Gasteiger partial charge >= 0.3 is 0 Å². The molecule has 2 unspecified atom stereocenters. The number of hydrogen-bond acceptors (Lipinski definition) is 4. The first kappa shape index (κ1) is 15.6. The maximum Gasteiger partial charge on any atom is 0.0344 e. The molecule has 4 heteroatoms. The van der Waals surface area contributed by atoms with Gasteiger partial charge in [-0.05, 0) is 58.9 Å². The Morgan fingerprint density at radius 3 is 2.74 bits per heavy atom. The van der Waals surface area contributed by atoms with Gasteiger partial charge in [-0.3, -0.25) is 4.90 Å². The highest BCUT2D eigenvalue weighted by molar-refractivity contribution is 7.99. The lowest BCUT2D eigenvalue weighted by molar-refractivity contribution is 0.0711. The molecule has 112 valence electrons. The summed E-state index contributed by atoms with van der Waals surface area (Å²) in [5, 5.41) is 0. The minimum Gasteiger partial charge on any atom is -0.329 e. The first-order valence-electron chi connectivity index (χ1n) is 7.84. The Balaban J connectivity index is 2.04. The summed E-state index contributed by atoms with van der Waals surface area (Å²) >= 11 is 2.10. The van der Waals surface area contributed by atoms with Crippen molar-refractivity contribution >= 4 is 11.8 Å². The van der Waals surface area contributed by atoms with Crippen LogP contribution >= 0.6 is 11.8 Å². The van der Waals surface area contributed by atoms with Crippen molar-refractivity contribution in [2.45, 2.75) is 57.2 Å². The highest BCUT2D eigenvalue weighted by atomic mass is 32.2. The van der Waals surface area contributed by atoms with Crippen molar-refractivity contribution in [3.8, 4) is 0 Å². The minimum atomic E-state index is 0.249. The monoisotopic (exact) mass is 285 g/mol. The molecule has 2 rings (SSSR count). The summed E-state index contributed by atoms with van der Waals surface area (Å²) in [6, 6.07) is 1.42. The van der Waals surface area contributed by atoms with Gasteiger partial charge in [0, 0.05) is 36.5 Å². The fourth-order valence-corrected chi connectivity index (χ4v) is 4.90. The van der Waals surface area contributed by atoms with Gasteiger partial charge in [-0.1, -0.05) is 0 Å². The molecule has 0 aromatic heterocycles. The number of nitrogens with zero attached hydrogens (tertiary/aromatic N) is 2. The molecular formula is C15H31N3S. The molecular weight excluding hydrogens is 254 g/mol. The largest absolute Gasteiger partial charge is 0.329 e. The molecule has 0 bridgehead atoms. The minimum absolute atomic E-state index is 0.249. The van der Waals surface area contributed by atoms with E-state index in [0.717, 1.165) is 12.6 Å². The fourth-order valence-electron chi connectivity index (χ4n) is 3.63. The van der Waals surface area contributed by atoms with Crippen LogP contribution in [0.25, 0.3) is 0 Å². The Labute approximate surface area is 123 Å². The zero-order chi connectivity index (χ0) is 13.9. The summed E-state index contributed by atoms with van der Waals surface area (Å²) in [6.07, 6.45) is 5.14. The van der Waals surface area contributed by atoms with Gasteiger partial charge in [-0.2, -0.15) is 11.8 Å². The summed E-state index contributed by atoms with van der Waals surface area (Å²) in [7, 11) is 2.33. The molecule has 0 aromatic carbocycles. The van der Waals surface area contributed by atoms with Crippen LogP contribution in [0.15, 0.2) is 0 Å².